The zero-order valence-electron chi connectivity index (χ0n) is 18.5. The number of likely N-dealkylation sites (N-methyl/N-ethyl adjacent to an activating group) is 1. The zero-order valence-corrected chi connectivity index (χ0v) is 18.5. The summed E-state index contributed by atoms with van der Waals surface area (Å²) >= 11 is 0. The van der Waals surface area contributed by atoms with Crippen LogP contribution in [0.4, 0.5) is 5.95 Å². The van der Waals surface area contributed by atoms with Crippen molar-refractivity contribution >= 4 is 11.9 Å². The van der Waals surface area contributed by atoms with Crippen molar-refractivity contribution in [2.45, 2.75) is 26.3 Å². The molecule has 1 N–H and O–H groups in total. The van der Waals surface area contributed by atoms with Gasteiger partial charge in [-0.15, -0.1) is 0 Å². The Bertz CT molecular complexity index is 754. The topological polar surface area (TPSA) is 59.9 Å². The average Bonchev–Trinajstić information content (AvgIpc) is 2.81. The van der Waals surface area contributed by atoms with Crippen LogP contribution in [0.5, 0.6) is 0 Å². The minimum atomic E-state index is 0.429. The fourth-order valence-corrected chi connectivity index (χ4v) is 4.07. The third kappa shape index (κ3) is 5.92. The number of rotatable bonds is 8. The smallest absolute Gasteiger partial charge is 0.225 e. The van der Waals surface area contributed by atoms with E-state index < -0.39 is 0 Å². The Morgan fingerprint density at radius 2 is 1.70 bits per heavy atom. The molecule has 30 heavy (non-hydrogen) atoms. The summed E-state index contributed by atoms with van der Waals surface area (Å²) in [7, 11) is 1.87. The van der Waals surface area contributed by atoms with Crippen molar-refractivity contribution in [3.05, 3.63) is 54.4 Å². The molecule has 162 valence electrons. The van der Waals surface area contributed by atoms with E-state index in [2.05, 4.69) is 79.2 Å². The van der Waals surface area contributed by atoms with Gasteiger partial charge < -0.3 is 15.1 Å². The second kappa shape index (κ2) is 11.5. The Labute approximate surface area is 180 Å². The van der Waals surface area contributed by atoms with E-state index in [-0.39, 0.29) is 0 Å². The maximum Gasteiger partial charge on any atom is 0.225 e. The lowest BCUT2D eigenvalue weighted by molar-refractivity contribution is 0.213. The van der Waals surface area contributed by atoms with E-state index in [1.807, 2.05) is 13.1 Å². The molecular weight excluding hydrogens is 374 g/mol. The highest BCUT2D eigenvalue weighted by atomic mass is 15.4. The van der Waals surface area contributed by atoms with Gasteiger partial charge in [-0.05, 0) is 31.1 Å². The van der Waals surface area contributed by atoms with Gasteiger partial charge in [-0.25, -0.2) is 9.97 Å². The molecule has 0 spiro atoms. The van der Waals surface area contributed by atoms with E-state index in [1.54, 1.807) is 12.4 Å². The summed E-state index contributed by atoms with van der Waals surface area (Å²) in [5, 5.41) is 3.65. The van der Waals surface area contributed by atoms with Crippen LogP contribution in [-0.4, -0.2) is 84.6 Å². The van der Waals surface area contributed by atoms with E-state index in [0.717, 1.165) is 64.1 Å². The van der Waals surface area contributed by atoms with E-state index in [1.165, 1.54) is 5.56 Å². The second-order valence-corrected chi connectivity index (χ2v) is 7.52. The van der Waals surface area contributed by atoms with Gasteiger partial charge in [0.05, 0.1) is 0 Å². The summed E-state index contributed by atoms with van der Waals surface area (Å²) in [6.45, 7) is 11.1. The number of piperazine rings is 1. The molecule has 0 bridgehead atoms. The average molecular weight is 410 g/mol. The predicted molar refractivity (Wildman–Crippen MR) is 124 cm³/mol. The largest absolute Gasteiger partial charge is 0.355 e. The molecule has 0 saturated carbocycles. The summed E-state index contributed by atoms with van der Waals surface area (Å²) in [6, 6.07) is 13.0. The number of hydrogen-bond donors (Lipinski definition) is 1. The van der Waals surface area contributed by atoms with Gasteiger partial charge in [0.15, 0.2) is 5.96 Å². The van der Waals surface area contributed by atoms with Crippen LogP contribution in [-0.2, 0) is 6.42 Å². The molecule has 1 aromatic carbocycles. The summed E-state index contributed by atoms with van der Waals surface area (Å²) in [5.41, 5.74) is 1.38. The molecule has 0 radical (unpaired) electrons. The fourth-order valence-electron chi connectivity index (χ4n) is 4.07. The summed E-state index contributed by atoms with van der Waals surface area (Å²) in [4.78, 5) is 20.4. The van der Waals surface area contributed by atoms with Gasteiger partial charge in [-0.2, -0.15) is 0 Å². The van der Waals surface area contributed by atoms with Gasteiger partial charge >= 0.3 is 0 Å². The zero-order chi connectivity index (χ0) is 21.2. The molecule has 1 fully saturated rings. The molecule has 1 aromatic heterocycles. The van der Waals surface area contributed by atoms with Crippen molar-refractivity contribution in [2.75, 3.05) is 57.8 Å². The molecule has 7 heteroatoms. The van der Waals surface area contributed by atoms with Crippen LogP contribution in [0.25, 0.3) is 0 Å². The number of aliphatic imine (C=N–C) groups is 1. The second-order valence-electron chi connectivity index (χ2n) is 7.52. The maximum absolute atomic E-state index is 4.56. The van der Waals surface area contributed by atoms with Gasteiger partial charge in [-0.1, -0.05) is 44.2 Å². The first-order valence-electron chi connectivity index (χ1n) is 11.0. The molecule has 0 aliphatic carbocycles. The number of benzene rings is 1. The Kier molecular flexibility index (Phi) is 8.44. The molecule has 2 aromatic rings. The van der Waals surface area contributed by atoms with E-state index in [0.29, 0.717) is 6.04 Å². The van der Waals surface area contributed by atoms with Crippen molar-refractivity contribution in [3.8, 4) is 0 Å². The van der Waals surface area contributed by atoms with Crippen molar-refractivity contribution in [1.29, 1.82) is 0 Å². The number of hydrogen-bond acceptors (Lipinski definition) is 5. The van der Waals surface area contributed by atoms with E-state index in [4.69, 9.17) is 0 Å². The van der Waals surface area contributed by atoms with Gasteiger partial charge in [0.1, 0.15) is 0 Å². The third-order valence-electron chi connectivity index (χ3n) is 5.76. The summed E-state index contributed by atoms with van der Waals surface area (Å²) in [6.07, 6.45) is 4.64. The number of aromatic nitrogens is 2. The van der Waals surface area contributed by atoms with Crippen molar-refractivity contribution in [1.82, 2.24) is 25.1 Å². The minimum absolute atomic E-state index is 0.429. The quantitative estimate of drug-likeness (QED) is 0.532. The lowest BCUT2D eigenvalue weighted by Gasteiger charge is -2.37. The molecule has 0 amide bonds. The first-order valence-corrected chi connectivity index (χ1v) is 11.0. The molecule has 7 nitrogen and oxygen atoms in total. The molecular formula is C23H35N7. The van der Waals surface area contributed by atoms with Crippen LogP contribution in [0.2, 0.25) is 0 Å². The summed E-state index contributed by atoms with van der Waals surface area (Å²) in [5.74, 6) is 1.79. The monoisotopic (exact) mass is 409 g/mol. The maximum atomic E-state index is 4.56. The first-order chi connectivity index (χ1) is 14.7. The van der Waals surface area contributed by atoms with Gasteiger partial charge in [-0.3, -0.25) is 9.89 Å². The van der Waals surface area contributed by atoms with Crippen LogP contribution in [0.15, 0.2) is 53.8 Å². The number of anilines is 1. The molecule has 2 heterocycles. The van der Waals surface area contributed by atoms with Gasteiger partial charge in [0.2, 0.25) is 5.95 Å². The lowest BCUT2D eigenvalue weighted by atomic mass is 10.0. The molecule has 1 unspecified atom stereocenters. The Hall–Kier alpha value is -2.67. The van der Waals surface area contributed by atoms with E-state index in [9.17, 15) is 0 Å². The minimum Gasteiger partial charge on any atom is -0.355 e. The molecule has 1 aliphatic rings. The normalized spacial score (nSPS) is 16.1. The molecule has 1 saturated heterocycles. The Morgan fingerprint density at radius 1 is 1.03 bits per heavy atom. The standard InChI is InChI=1S/C23H35N7/c1-4-28(5-2)21(18-20-10-7-6-8-11-20)19-27-22(24-3)29-14-16-30(17-15-29)23-25-12-9-13-26-23/h6-13,21H,4-5,14-19H2,1-3H3,(H,24,27). The van der Waals surface area contributed by atoms with Crippen LogP contribution < -0.4 is 10.2 Å². The SMILES string of the molecule is CCN(CC)C(CNC(=NC)N1CCN(c2ncccn2)CC1)Cc1ccccc1. The third-order valence-corrected chi connectivity index (χ3v) is 5.76. The van der Waals surface area contributed by atoms with E-state index >= 15 is 0 Å². The van der Waals surface area contributed by atoms with Gasteiger partial charge in [0, 0.05) is 58.2 Å². The highest BCUT2D eigenvalue weighted by Gasteiger charge is 2.23. The summed E-state index contributed by atoms with van der Waals surface area (Å²) < 4.78 is 0. The number of nitrogens with zero attached hydrogens (tertiary/aromatic N) is 6. The molecule has 1 atom stereocenters. The Balaban J connectivity index is 1.57. The number of guanidine groups is 1. The van der Waals surface area contributed by atoms with Crippen LogP contribution in [0, 0.1) is 0 Å². The molecule has 1 aliphatic heterocycles. The van der Waals surface area contributed by atoms with Crippen LogP contribution in [0.3, 0.4) is 0 Å². The highest BCUT2D eigenvalue weighted by molar-refractivity contribution is 5.80. The molecule has 3 rings (SSSR count). The highest BCUT2D eigenvalue weighted by Crippen LogP contribution is 2.11. The van der Waals surface area contributed by atoms with Crippen LogP contribution in [0.1, 0.15) is 19.4 Å². The van der Waals surface area contributed by atoms with Gasteiger partial charge in [0.25, 0.3) is 0 Å². The van der Waals surface area contributed by atoms with Crippen LogP contribution >= 0.6 is 0 Å². The fraction of sp³-hybridized carbons (Fsp3) is 0.522. The van der Waals surface area contributed by atoms with Crippen molar-refractivity contribution in [3.63, 3.8) is 0 Å². The van der Waals surface area contributed by atoms with Crippen molar-refractivity contribution in [2.24, 2.45) is 4.99 Å². The Morgan fingerprint density at radius 3 is 2.30 bits per heavy atom. The first kappa shape index (κ1) is 22.0. The lowest BCUT2D eigenvalue weighted by Crippen LogP contribution is -2.55. The van der Waals surface area contributed by atoms with Crippen molar-refractivity contribution < 1.29 is 0 Å². The number of nitrogens with one attached hydrogen (secondary N) is 1. The predicted octanol–water partition coefficient (Wildman–Crippen LogP) is 2.13.